The van der Waals surface area contributed by atoms with Gasteiger partial charge in [0.05, 0.1) is 19.3 Å². The number of carbonyl (C=O) groups is 4. The number of aromatic amines is 1. The molecule has 0 spiro atoms. The van der Waals surface area contributed by atoms with Crippen LogP contribution in [0.15, 0.2) is 12.5 Å². The van der Waals surface area contributed by atoms with E-state index in [0.29, 0.717) is 18.5 Å². The molecule has 3 rings (SSSR count). The summed E-state index contributed by atoms with van der Waals surface area (Å²) < 4.78 is -0.701. The van der Waals surface area contributed by atoms with Gasteiger partial charge in [-0.2, -0.15) is 4.48 Å². The molecule has 26 heavy (non-hydrogen) atoms. The smallest absolute Gasteiger partial charge is 0.344 e. The van der Waals surface area contributed by atoms with Gasteiger partial charge >= 0.3 is 11.8 Å². The molecule has 10 heteroatoms. The lowest BCUT2D eigenvalue weighted by Gasteiger charge is -2.42. The lowest BCUT2D eigenvalue weighted by atomic mass is 9.97. The van der Waals surface area contributed by atoms with Crippen molar-refractivity contribution in [1.29, 1.82) is 0 Å². The maximum Gasteiger partial charge on any atom is 0.344 e. The van der Waals surface area contributed by atoms with Crippen molar-refractivity contribution in [3.05, 3.63) is 18.2 Å². The molecule has 4 atom stereocenters. The number of aromatic nitrogens is 2. The van der Waals surface area contributed by atoms with Crippen molar-refractivity contribution in [2.24, 2.45) is 11.5 Å². The van der Waals surface area contributed by atoms with Gasteiger partial charge in [-0.25, -0.2) is 14.6 Å². The minimum Gasteiger partial charge on any atom is -0.364 e. The number of primary amides is 1. The van der Waals surface area contributed by atoms with Crippen molar-refractivity contribution in [2.75, 3.05) is 13.6 Å². The maximum absolute atomic E-state index is 13.3. The van der Waals surface area contributed by atoms with E-state index in [9.17, 15) is 19.2 Å². The normalized spacial score (nSPS) is 29.3. The molecular weight excluding hydrogens is 340 g/mol. The van der Waals surface area contributed by atoms with E-state index < -0.39 is 40.3 Å². The number of β-lactam (4-membered cyclic amide) rings is 1. The zero-order valence-corrected chi connectivity index (χ0v) is 14.6. The predicted octanol–water partition coefficient (Wildman–Crippen LogP) is -1.97. The summed E-state index contributed by atoms with van der Waals surface area (Å²) in [5.41, 5.74) is 12.3. The molecule has 10 nitrogen and oxygen atoms in total. The number of hydrogen-bond donors (Lipinski definition) is 3. The first-order chi connectivity index (χ1) is 12.3. The Kier molecular flexibility index (Phi) is 4.63. The Morgan fingerprint density at radius 2 is 2.19 bits per heavy atom. The molecule has 140 valence electrons. The number of nitrogens with one attached hydrogen (secondary N) is 1. The fourth-order valence-electron chi connectivity index (χ4n) is 3.95. The quantitative estimate of drug-likeness (QED) is 0.407. The highest BCUT2D eigenvalue weighted by molar-refractivity contribution is 6.00. The molecule has 5 N–H and O–H groups in total. The van der Waals surface area contributed by atoms with Gasteiger partial charge in [0, 0.05) is 38.2 Å². The lowest BCUT2D eigenvalue weighted by molar-refractivity contribution is -0.784. The molecule has 1 aromatic heterocycles. The number of amides is 4. The third kappa shape index (κ3) is 2.71. The van der Waals surface area contributed by atoms with Crippen LogP contribution in [0.1, 0.15) is 25.0 Å². The Bertz CT molecular complexity index is 748. The van der Waals surface area contributed by atoms with Crippen molar-refractivity contribution in [3.8, 4) is 0 Å². The summed E-state index contributed by atoms with van der Waals surface area (Å²) in [5, 5.41) is 0. The second-order valence-electron chi connectivity index (χ2n) is 6.94. The summed E-state index contributed by atoms with van der Waals surface area (Å²) in [4.78, 5) is 58.1. The fourth-order valence-corrected chi connectivity index (χ4v) is 3.95. The topological polar surface area (TPSA) is 152 Å². The molecule has 1 aromatic rings. The van der Waals surface area contributed by atoms with E-state index in [2.05, 4.69) is 9.97 Å². The van der Waals surface area contributed by atoms with Crippen LogP contribution in [0.25, 0.3) is 0 Å². The molecule has 0 saturated carbocycles. The maximum atomic E-state index is 13.3. The largest absolute Gasteiger partial charge is 0.364 e. The van der Waals surface area contributed by atoms with Crippen LogP contribution in [-0.2, 0) is 25.6 Å². The van der Waals surface area contributed by atoms with Crippen molar-refractivity contribution < 1.29 is 23.7 Å². The highest BCUT2D eigenvalue weighted by Crippen LogP contribution is 2.33. The summed E-state index contributed by atoms with van der Waals surface area (Å²) in [5.74, 6) is -1.89. The first-order valence-electron chi connectivity index (χ1n) is 8.53. The van der Waals surface area contributed by atoms with E-state index in [1.165, 1.54) is 18.3 Å². The first kappa shape index (κ1) is 18.2. The number of H-pyrrole nitrogens is 1. The fraction of sp³-hybridized carbons (Fsp3) is 0.562. The predicted molar refractivity (Wildman–Crippen MR) is 88.8 cm³/mol. The van der Waals surface area contributed by atoms with Crippen LogP contribution in [0.2, 0.25) is 0 Å². The van der Waals surface area contributed by atoms with Crippen LogP contribution in [0, 0.1) is 0 Å². The average molecular weight is 363 g/mol. The molecule has 2 aliphatic rings. The van der Waals surface area contributed by atoms with Gasteiger partial charge in [-0.05, 0) is 0 Å². The Balaban J connectivity index is 1.92. The SMILES string of the molecule is CN1C(=O)C[C@H]1C(=O)[N+]1(C(=O)[C@@H](N)Cc2cnc[nH]2)CCC[C@H]1C(N)=O. The summed E-state index contributed by atoms with van der Waals surface area (Å²) in [6.45, 7) is 0.167. The standard InChI is InChI=1S/C16H22N6O4/c1-21-11(6-13(21)23)16(26)22(4-2-3-12(22)14(18)24)15(25)10(17)5-9-7-19-8-20-9/h7-8,10-12H,2-6,17H2,1H3,(H2-,18,19,20,24)/p+1/t10-,11-,12-,22?/m0/s1. The van der Waals surface area contributed by atoms with E-state index >= 15 is 0 Å². The van der Waals surface area contributed by atoms with Crippen molar-refractivity contribution >= 4 is 23.6 Å². The molecular formula is C16H23N6O4+. The number of hydrogen-bond acceptors (Lipinski definition) is 6. The number of rotatable bonds is 5. The van der Waals surface area contributed by atoms with E-state index in [1.54, 1.807) is 6.20 Å². The molecule has 3 heterocycles. The zero-order valence-electron chi connectivity index (χ0n) is 14.6. The average Bonchev–Trinajstić information content (AvgIpc) is 3.27. The van der Waals surface area contributed by atoms with E-state index in [0.717, 1.165) is 0 Å². The van der Waals surface area contributed by atoms with Crippen molar-refractivity contribution in [3.63, 3.8) is 0 Å². The summed E-state index contributed by atoms with van der Waals surface area (Å²) >= 11 is 0. The molecule has 0 bridgehead atoms. The minimum atomic E-state index is -1.000. The Morgan fingerprint density at radius 3 is 2.73 bits per heavy atom. The van der Waals surface area contributed by atoms with Gasteiger partial charge in [0.1, 0.15) is 6.04 Å². The van der Waals surface area contributed by atoms with E-state index in [1.807, 2.05) is 0 Å². The number of imide groups is 1. The van der Waals surface area contributed by atoms with Gasteiger partial charge in [0.15, 0.2) is 12.1 Å². The molecule has 2 saturated heterocycles. The highest BCUT2D eigenvalue weighted by atomic mass is 16.2. The number of nitrogens with zero attached hydrogens (tertiary/aromatic N) is 3. The number of nitrogens with two attached hydrogens (primary N) is 2. The van der Waals surface area contributed by atoms with Gasteiger partial charge in [0.25, 0.3) is 5.91 Å². The lowest BCUT2D eigenvalue weighted by Crippen LogP contribution is -2.73. The summed E-state index contributed by atoms with van der Waals surface area (Å²) in [6, 6.07) is -2.68. The van der Waals surface area contributed by atoms with Gasteiger partial charge in [-0.1, -0.05) is 0 Å². The number of imidazole rings is 1. The van der Waals surface area contributed by atoms with Crippen LogP contribution in [0.5, 0.6) is 0 Å². The summed E-state index contributed by atoms with van der Waals surface area (Å²) in [6.07, 6.45) is 4.06. The molecule has 4 amide bonds. The number of quaternary nitrogens is 1. The van der Waals surface area contributed by atoms with Gasteiger partial charge in [-0.15, -0.1) is 0 Å². The Morgan fingerprint density at radius 1 is 1.46 bits per heavy atom. The van der Waals surface area contributed by atoms with E-state index in [-0.39, 0.29) is 25.3 Å². The van der Waals surface area contributed by atoms with Gasteiger partial charge in [-0.3, -0.25) is 9.59 Å². The Hall–Kier alpha value is -2.59. The number of likely N-dealkylation sites (N-methyl/N-ethyl adjacent to an activating group) is 1. The Labute approximate surface area is 150 Å². The minimum absolute atomic E-state index is 0.0316. The first-order valence-corrected chi connectivity index (χ1v) is 8.53. The second kappa shape index (κ2) is 6.61. The molecule has 2 aliphatic heterocycles. The van der Waals surface area contributed by atoms with Crippen LogP contribution >= 0.6 is 0 Å². The molecule has 0 aromatic carbocycles. The zero-order chi connectivity index (χ0) is 19.1. The monoisotopic (exact) mass is 363 g/mol. The van der Waals surface area contributed by atoms with Crippen molar-refractivity contribution in [1.82, 2.24) is 14.9 Å². The third-order valence-corrected chi connectivity index (χ3v) is 5.46. The molecule has 2 fully saturated rings. The van der Waals surface area contributed by atoms with Crippen LogP contribution in [0.4, 0.5) is 0 Å². The van der Waals surface area contributed by atoms with Gasteiger partial charge < -0.3 is 21.4 Å². The van der Waals surface area contributed by atoms with Crippen LogP contribution in [-0.4, -0.2) is 74.7 Å². The highest BCUT2D eigenvalue weighted by Gasteiger charge is 2.62. The second-order valence-corrected chi connectivity index (χ2v) is 6.94. The molecule has 0 aliphatic carbocycles. The number of carbonyl (C=O) groups excluding carboxylic acids is 4. The van der Waals surface area contributed by atoms with Gasteiger partial charge in [0.2, 0.25) is 5.91 Å². The van der Waals surface area contributed by atoms with Crippen LogP contribution < -0.4 is 11.5 Å². The number of likely N-dealkylation sites (tertiary alicyclic amines) is 2. The van der Waals surface area contributed by atoms with Crippen LogP contribution in [0.3, 0.4) is 0 Å². The van der Waals surface area contributed by atoms with Crippen molar-refractivity contribution in [2.45, 2.75) is 43.8 Å². The third-order valence-electron chi connectivity index (χ3n) is 5.46. The van der Waals surface area contributed by atoms with E-state index in [4.69, 9.17) is 11.5 Å². The molecule has 1 unspecified atom stereocenters. The molecule has 0 radical (unpaired) electrons. The summed E-state index contributed by atoms with van der Waals surface area (Å²) in [7, 11) is 1.51.